The molecule has 0 saturated carbocycles. The molecule has 1 N–H and O–H groups in total. The molecule has 1 aliphatic rings. The Morgan fingerprint density at radius 3 is 3.15 bits per heavy atom. The molecule has 3 rings (SSSR count). The van der Waals surface area contributed by atoms with Crippen LogP contribution >= 0.6 is 22.9 Å². The van der Waals surface area contributed by atoms with Gasteiger partial charge in [-0.15, -0.1) is 11.3 Å². The van der Waals surface area contributed by atoms with E-state index in [1.54, 1.807) is 6.20 Å². The summed E-state index contributed by atoms with van der Waals surface area (Å²) in [7, 11) is 0. The lowest BCUT2D eigenvalue weighted by atomic mass is 10.1. The maximum Gasteiger partial charge on any atom is 0.345 e. The standard InChI is InChI=1S/C13H13ClN2O3S/c14-10-3-11(13(17)18)20-12(10)9-4-15-16(6-9)5-8-1-2-19-7-8/h3-4,6,8H,1-2,5,7H2,(H,17,18). The molecule has 3 heterocycles. The SMILES string of the molecule is O=C(O)c1cc(Cl)c(-c2cnn(CC3CCOC3)c2)s1. The average molecular weight is 313 g/mol. The van der Waals surface area contributed by atoms with Gasteiger partial charge < -0.3 is 9.84 Å². The number of hydrogen-bond acceptors (Lipinski definition) is 4. The molecule has 106 valence electrons. The van der Waals surface area contributed by atoms with Crippen LogP contribution < -0.4 is 0 Å². The zero-order chi connectivity index (χ0) is 14.1. The van der Waals surface area contributed by atoms with Gasteiger partial charge in [-0.05, 0) is 12.5 Å². The van der Waals surface area contributed by atoms with E-state index in [2.05, 4.69) is 5.10 Å². The molecule has 2 aromatic rings. The number of thiophene rings is 1. The summed E-state index contributed by atoms with van der Waals surface area (Å²) >= 11 is 7.26. The minimum absolute atomic E-state index is 0.238. The normalized spacial score (nSPS) is 18.6. The van der Waals surface area contributed by atoms with Crippen LogP contribution in [0.4, 0.5) is 0 Å². The van der Waals surface area contributed by atoms with Gasteiger partial charge in [0.2, 0.25) is 0 Å². The summed E-state index contributed by atoms with van der Waals surface area (Å²) in [6.07, 6.45) is 4.68. The lowest BCUT2D eigenvalue weighted by Gasteiger charge is -2.06. The number of ether oxygens (including phenoxy) is 1. The second-order valence-electron chi connectivity index (χ2n) is 4.77. The van der Waals surface area contributed by atoms with Crippen molar-refractivity contribution in [3.8, 4) is 10.4 Å². The molecular formula is C13H13ClN2O3S. The van der Waals surface area contributed by atoms with Gasteiger partial charge in [0.15, 0.2) is 0 Å². The van der Waals surface area contributed by atoms with Crippen LogP contribution in [0.1, 0.15) is 16.1 Å². The minimum atomic E-state index is -0.960. The van der Waals surface area contributed by atoms with Gasteiger partial charge in [-0.2, -0.15) is 5.10 Å². The minimum Gasteiger partial charge on any atom is -0.477 e. The van der Waals surface area contributed by atoms with Gasteiger partial charge in [0.1, 0.15) is 4.88 Å². The molecule has 5 nitrogen and oxygen atoms in total. The number of nitrogens with zero attached hydrogens (tertiary/aromatic N) is 2. The fourth-order valence-electron chi connectivity index (χ4n) is 2.24. The summed E-state index contributed by atoms with van der Waals surface area (Å²) in [6, 6.07) is 1.48. The molecule has 0 bridgehead atoms. The summed E-state index contributed by atoms with van der Waals surface area (Å²) in [4.78, 5) is 11.9. The number of aromatic nitrogens is 2. The summed E-state index contributed by atoms with van der Waals surface area (Å²) in [5.74, 6) is -0.463. The molecule has 1 atom stereocenters. The van der Waals surface area contributed by atoms with Crippen molar-refractivity contribution in [1.82, 2.24) is 9.78 Å². The first kappa shape index (κ1) is 13.6. The number of aromatic carboxylic acids is 1. The summed E-state index contributed by atoms with van der Waals surface area (Å²) in [5.41, 5.74) is 0.853. The van der Waals surface area contributed by atoms with Gasteiger partial charge in [-0.1, -0.05) is 11.6 Å². The molecule has 1 saturated heterocycles. The van der Waals surface area contributed by atoms with Crippen molar-refractivity contribution in [2.45, 2.75) is 13.0 Å². The monoisotopic (exact) mass is 312 g/mol. The van der Waals surface area contributed by atoms with Gasteiger partial charge >= 0.3 is 5.97 Å². The number of carbonyl (C=O) groups is 1. The van der Waals surface area contributed by atoms with E-state index in [0.29, 0.717) is 10.9 Å². The van der Waals surface area contributed by atoms with Crippen LogP contribution in [0.2, 0.25) is 5.02 Å². The fourth-order valence-corrected chi connectivity index (χ4v) is 3.51. The van der Waals surface area contributed by atoms with Crippen molar-refractivity contribution in [1.29, 1.82) is 0 Å². The number of carboxylic acid groups (broad SMARTS) is 1. The van der Waals surface area contributed by atoms with Crippen molar-refractivity contribution >= 4 is 28.9 Å². The van der Waals surface area contributed by atoms with Crippen molar-refractivity contribution in [2.24, 2.45) is 5.92 Å². The molecule has 0 amide bonds. The third-order valence-electron chi connectivity index (χ3n) is 3.26. The Labute approximate surface area is 124 Å². The zero-order valence-corrected chi connectivity index (χ0v) is 12.2. The number of hydrogen-bond donors (Lipinski definition) is 1. The van der Waals surface area contributed by atoms with Gasteiger partial charge in [0.05, 0.1) is 22.7 Å². The first-order valence-corrected chi connectivity index (χ1v) is 7.46. The molecule has 2 aromatic heterocycles. The highest BCUT2D eigenvalue weighted by molar-refractivity contribution is 7.18. The van der Waals surface area contributed by atoms with E-state index in [9.17, 15) is 4.79 Å². The van der Waals surface area contributed by atoms with Crippen LogP contribution in [0.5, 0.6) is 0 Å². The Hall–Kier alpha value is -1.37. The highest BCUT2D eigenvalue weighted by atomic mass is 35.5. The Kier molecular flexibility index (Phi) is 3.78. The van der Waals surface area contributed by atoms with Crippen LogP contribution in [0.3, 0.4) is 0 Å². The number of rotatable bonds is 4. The van der Waals surface area contributed by atoms with Gasteiger partial charge in [-0.25, -0.2) is 4.79 Å². The van der Waals surface area contributed by atoms with Crippen molar-refractivity contribution in [3.63, 3.8) is 0 Å². The Morgan fingerprint density at radius 2 is 2.50 bits per heavy atom. The molecule has 1 aliphatic heterocycles. The molecule has 0 aromatic carbocycles. The smallest absolute Gasteiger partial charge is 0.345 e. The van der Waals surface area contributed by atoms with Crippen molar-refractivity contribution in [2.75, 3.05) is 13.2 Å². The van der Waals surface area contributed by atoms with Gasteiger partial charge in [0.25, 0.3) is 0 Å². The van der Waals surface area contributed by atoms with Crippen molar-refractivity contribution in [3.05, 3.63) is 28.4 Å². The molecular weight excluding hydrogens is 300 g/mol. The topological polar surface area (TPSA) is 64.3 Å². The molecule has 0 radical (unpaired) electrons. The lowest BCUT2D eigenvalue weighted by Crippen LogP contribution is -2.10. The number of carboxylic acids is 1. The quantitative estimate of drug-likeness (QED) is 0.942. The highest BCUT2D eigenvalue weighted by Crippen LogP contribution is 2.36. The van der Waals surface area contributed by atoms with Gasteiger partial charge in [0, 0.05) is 30.8 Å². The average Bonchev–Trinajstić information content (AvgIpc) is 3.10. The Balaban J connectivity index is 1.80. The van der Waals surface area contributed by atoms with E-state index < -0.39 is 5.97 Å². The first-order valence-electron chi connectivity index (χ1n) is 6.26. The molecule has 0 aliphatic carbocycles. The van der Waals surface area contributed by atoms with Crippen LogP contribution in [0.15, 0.2) is 18.5 Å². The predicted octanol–water partition coefficient (Wildman–Crippen LogP) is 3.00. The van der Waals surface area contributed by atoms with Crippen LogP contribution in [0, 0.1) is 5.92 Å². The third kappa shape index (κ3) is 2.72. The van der Waals surface area contributed by atoms with E-state index in [1.807, 2.05) is 10.9 Å². The van der Waals surface area contributed by atoms with Crippen LogP contribution in [-0.4, -0.2) is 34.1 Å². The fraction of sp³-hybridized carbons (Fsp3) is 0.385. The van der Waals surface area contributed by atoms with E-state index in [0.717, 1.165) is 36.6 Å². The molecule has 0 spiro atoms. The first-order chi connectivity index (χ1) is 9.63. The molecule has 20 heavy (non-hydrogen) atoms. The van der Waals surface area contributed by atoms with E-state index >= 15 is 0 Å². The summed E-state index contributed by atoms with van der Waals surface area (Å²) < 4.78 is 7.21. The second kappa shape index (κ2) is 5.55. The number of halogens is 1. The van der Waals surface area contributed by atoms with E-state index in [1.165, 1.54) is 17.4 Å². The maximum absolute atomic E-state index is 11.0. The zero-order valence-electron chi connectivity index (χ0n) is 10.6. The maximum atomic E-state index is 11.0. The summed E-state index contributed by atoms with van der Waals surface area (Å²) in [6.45, 7) is 2.41. The molecule has 1 fully saturated rings. The summed E-state index contributed by atoms with van der Waals surface area (Å²) in [5, 5.41) is 13.7. The third-order valence-corrected chi connectivity index (χ3v) is 4.84. The molecule has 7 heteroatoms. The largest absolute Gasteiger partial charge is 0.477 e. The lowest BCUT2D eigenvalue weighted by molar-refractivity contribution is 0.0702. The second-order valence-corrected chi connectivity index (χ2v) is 6.23. The van der Waals surface area contributed by atoms with Gasteiger partial charge in [-0.3, -0.25) is 4.68 Å². The van der Waals surface area contributed by atoms with Crippen LogP contribution in [-0.2, 0) is 11.3 Å². The van der Waals surface area contributed by atoms with Crippen LogP contribution in [0.25, 0.3) is 10.4 Å². The Bertz CT molecular complexity index is 631. The highest BCUT2D eigenvalue weighted by Gasteiger charge is 2.18. The van der Waals surface area contributed by atoms with E-state index in [4.69, 9.17) is 21.4 Å². The van der Waals surface area contributed by atoms with E-state index in [-0.39, 0.29) is 4.88 Å². The Morgan fingerprint density at radius 1 is 1.65 bits per heavy atom. The van der Waals surface area contributed by atoms with Crippen molar-refractivity contribution < 1.29 is 14.6 Å². The predicted molar refractivity (Wildman–Crippen MR) is 76.4 cm³/mol. The molecule has 1 unspecified atom stereocenters.